The van der Waals surface area contributed by atoms with Gasteiger partial charge in [-0.1, -0.05) is 12.1 Å². The number of aromatic nitrogens is 3. The van der Waals surface area contributed by atoms with Crippen molar-refractivity contribution in [3.05, 3.63) is 71.4 Å². The first-order valence-electron chi connectivity index (χ1n) is 9.09. The van der Waals surface area contributed by atoms with Crippen molar-refractivity contribution in [2.45, 2.75) is 12.6 Å². The third-order valence-electron chi connectivity index (χ3n) is 4.50. The zero-order valence-corrected chi connectivity index (χ0v) is 16.9. The molecule has 0 spiro atoms. The molecule has 0 aliphatic rings. The van der Waals surface area contributed by atoms with Gasteiger partial charge in [0, 0.05) is 12.1 Å². The Labute approximate surface area is 182 Å². The van der Waals surface area contributed by atoms with E-state index in [1.165, 1.54) is 17.9 Å². The summed E-state index contributed by atoms with van der Waals surface area (Å²) in [5, 5.41) is 5.23. The summed E-state index contributed by atoms with van der Waals surface area (Å²) in [7, 11) is 0. The lowest BCUT2D eigenvalue weighted by Gasteiger charge is -2.12. The SMILES string of the molecule is Nc1ncnc2snc(Cc3ccc(NC(=O)Nc4cc(C(F)(F)F)ccc4F)cc3)c12. The molecule has 0 radical (unpaired) electrons. The number of fused-ring (bicyclic) bond motifs is 1. The molecule has 0 fully saturated rings. The van der Waals surface area contributed by atoms with Crippen LogP contribution in [0.3, 0.4) is 0 Å². The van der Waals surface area contributed by atoms with Gasteiger partial charge in [0.2, 0.25) is 0 Å². The van der Waals surface area contributed by atoms with Crippen molar-refractivity contribution in [1.82, 2.24) is 14.3 Å². The molecule has 2 heterocycles. The van der Waals surface area contributed by atoms with Gasteiger partial charge in [0.15, 0.2) is 0 Å². The number of carbonyl (C=O) groups excluding carboxylic acids is 1. The van der Waals surface area contributed by atoms with Crippen LogP contribution in [0.25, 0.3) is 10.2 Å². The van der Waals surface area contributed by atoms with E-state index in [9.17, 15) is 22.4 Å². The standard InChI is InChI=1S/C20H14F4N6OS/c21-13-6-3-11(20(22,23)24)8-14(13)29-19(31)28-12-4-1-10(2-5-12)7-15-16-17(25)26-9-27-18(16)32-30-15/h1-6,8-9H,7H2,(H2,25,26,27)(H2,28,29,31). The van der Waals surface area contributed by atoms with E-state index in [2.05, 4.69) is 25.0 Å². The molecule has 7 nitrogen and oxygen atoms in total. The van der Waals surface area contributed by atoms with Gasteiger partial charge in [-0.3, -0.25) is 0 Å². The molecular formula is C20H14F4N6OS. The molecule has 0 aliphatic heterocycles. The molecule has 0 saturated heterocycles. The fraction of sp³-hybridized carbons (Fsp3) is 0.100. The molecule has 0 aliphatic carbocycles. The average Bonchev–Trinajstić information content (AvgIpc) is 3.14. The number of alkyl halides is 3. The molecule has 0 atom stereocenters. The topological polar surface area (TPSA) is 106 Å². The number of halogens is 4. The minimum absolute atomic E-state index is 0.343. The molecule has 2 aromatic heterocycles. The highest BCUT2D eigenvalue weighted by Gasteiger charge is 2.31. The Morgan fingerprint density at radius 3 is 2.53 bits per heavy atom. The molecule has 4 aromatic rings. The van der Waals surface area contributed by atoms with Crippen molar-refractivity contribution in [3.63, 3.8) is 0 Å². The Balaban J connectivity index is 1.43. The average molecular weight is 462 g/mol. The lowest BCUT2D eigenvalue weighted by molar-refractivity contribution is -0.137. The number of hydrogen-bond acceptors (Lipinski definition) is 6. The van der Waals surface area contributed by atoms with Gasteiger partial charge in [0.1, 0.15) is 22.8 Å². The van der Waals surface area contributed by atoms with Gasteiger partial charge < -0.3 is 16.4 Å². The summed E-state index contributed by atoms with van der Waals surface area (Å²) in [6, 6.07) is 7.59. The van der Waals surface area contributed by atoms with E-state index in [1.54, 1.807) is 24.3 Å². The Morgan fingerprint density at radius 1 is 1.06 bits per heavy atom. The summed E-state index contributed by atoms with van der Waals surface area (Å²) >= 11 is 1.22. The number of urea groups is 1. The van der Waals surface area contributed by atoms with Gasteiger partial charge in [-0.15, -0.1) is 0 Å². The fourth-order valence-electron chi connectivity index (χ4n) is 2.97. The summed E-state index contributed by atoms with van der Waals surface area (Å²) in [6.07, 6.45) is -2.83. The minimum Gasteiger partial charge on any atom is -0.383 e. The van der Waals surface area contributed by atoms with Crippen molar-refractivity contribution < 1.29 is 22.4 Å². The van der Waals surface area contributed by atoms with Crippen molar-refractivity contribution in [1.29, 1.82) is 0 Å². The molecule has 2 amide bonds. The van der Waals surface area contributed by atoms with Crippen LogP contribution in [0.2, 0.25) is 0 Å². The van der Waals surface area contributed by atoms with Crippen molar-refractivity contribution in [2.24, 2.45) is 0 Å². The maximum Gasteiger partial charge on any atom is 0.416 e. The summed E-state index contributed by atoms with van der Waals surface area (Å²) < 4.78 is 56.6. The largest absolute Gasteiger partial charge is 0.416 e. The Morgan fingerprint density at radius 2 is 1.81 bits per heavy atom. The highest BCUT2D eigenvalue weighted by molar-refractivity contribution is 7.13. The third kappa shape index (κ3) is 4.59. The van der Waals surface area contributed by atoms with E-state index < -0.39 is 29.3 Å². The molecular weight excluding hydrogens is 448 g/mol. The van der Waals surface area contributed by atoms with Crippen LogP contribution in [-0.2, 0) is 12.6 Å². The predicted molar refractivity (Wildman–Crippen MR) is 113 cm³/mol. The van der Waals surface area contributed by atoms with Gasteiger partial charge in [0.05, 0.1) is 22.3 Å². The first kappa shape index (κ1) is 21.4. The second-order valence-electron chi connectivity index (χ2n) is 6.71. The summed E-state index contributed by atoms with van der Waals surface area (Å²) in [5.74, 6) is -0.641. The quantitative estimate of drug-likeness (QED) is 0.368. The third-order valence-corrected chi connectivity index (χ3v) is 5.29. The van der Waals surface area contributed by atoms with Gasteiger partial charge in [-0.2, -0.15) is 17.5 Å². The summed E-state index contributed by atoms with van der Waals surface area (Å²) in [6.45, 7) is 0. The molecule has 12 heteroatoms. The van der Waals surface area contributed by atoms with Gasteiger partial charge in [-0.25, -0.2) is 19.2 Å². The second-order valence-corrected chi connectivity index (χ2v) is 7.47. The highest BCUT2D eigenvalue weighted by Crippen LogP contribution is 2.32. The predicted octanol–water partition coefficient (Wildman–Crippen LogP) is 5.06. The van der Waals surface area contributed by atoms with E-state index in [-0.39, 0.29) is 0 Å². The number of amides is 2. The lowest BCUT2D eigenvalue weighted by Crippen LogP contribution is -2.20. The Bertz CT molecular complexity index is 1290. The first-order chi connectivity index (χ1) is 15.2. The number of nitrogens with one attached hydrogen (secondary N) is 2. The zero-order valence-electron chi connectivity index (χ0n) is 16.1. The van der Waals surface area contributed by atoms with Crippen molar-refractivity contribution >= 4 is 45.0 Å². The van der Waals surface area contributed by atoms with E-state index in [0.717, 1.165) is 11.3 Å². The van der Waals surface area contributed by atoms with Crippen molar-refractivity contribution in [2.75, 3.05) is 16.4 Å². The molecule has 2 aromatic carbocycles. The maximum atomic E-state index is 13.8. The number of hydrogen-bond donors (Lipinski definition) is 3. The zero-order chi connectivity index (χ0) is 22.9. The normalized spacial score (nSPS) is 11.5. The van der Waals surface area contributed by atoms with Crippen LogP contribution in [0.1, 0.15) is 16.8 Å². The smallest absolute Gasteiger partial charge is 0.383 e. The van der Waals surface area contributed by atoms with Crippen LogP contribution in [0.4, 0.5) is 39.5 Å². The number of rotatable bonds is 4. The van der Waals surface area contributed by atoms with Crippen molar-refractivity contribution in [3.8, 4) is 0 Å². The number of nitrogens with two attached hydrogens (primary N) is 1. The van der Waals surface area contributed by atoms with Crippen LogP contribution in [0, 0.1) is 5.82 Å². The molecule has 0 unspecified atom stereocenters. The van der Waals surface area contributed by atoms with Gasteiger partial charge >= 0.3 is 12.2 Å². The van der Waals surface area contributed by atoms with Gasteiger partial charge in [0.25, 0.3) is 0 Å². The first-order valence-corrected chi connectivity index (χ1v) is 9.86. The molecule has 32 heavy (non-hydrogen) atoms. The molecule has 4 rings (SSSR count). The van der Waals surface area contributed by atoms with Crippen LogP contribution in [0.15, 0.2) is 48.8 Å². The van der Waals surface area contributed by atoms with Crippen LogP contribution >= 0.6 is 11.5 Å². The molecule has 164 valence electrons. The number of nitrogen functional groups attached to an aromatic ring is 1. The molecule has 4 N–H and O–H groups in total. The number of nitrogens with zero attached hydrogens (tertiary/aromatic N) is 3. The molecule has 0 bridgehead atoms. The highest BCUT2D eigenvalue weighted by atomic mass is 32.1. The van der Waals surface area contributed by atoms with E-state index in [0.29, 0.717) is 46.3 Å². The monoisotopic (exact) mass is 462 g/mol. The Hall–Kier alpha value is -3.80. The summed E-state index contributed by atoms with van der Waals surface area (Å²) in [4.78, 5) is 20.9. The van der Waals surface area contributed by atoms with E-state index in [4.69, 9.17) is 5.73 Å². The number of benzene rings is 2. The van der Waals surface area contributed by atoms with E-state index >= 15 is 0 Å². The van der Waals surface area contributed by atoms with Gasteiger partial charge in [-0.05, 0) is 47.4 Å². The van der Waals surface area contributed by atoms with Crippen LogP contribution in [0.5, 0.6) is 0 Å². The fourth-order valence-corrected chi connectivity index (χ4v) is 3.73. The van der Waals surface area contributed by atoms with E-state index in [1.807, 2.05) is 0 Å². The minimum atomic E-state index is -4.66. The van der Waals surface area contributed by atoms with Crippen LogP contribution in [-0.4, -0.2) is 20.4 Å². The summed E-state index contributed by atoms with van der Waals surface area (Å²) in [5.41, 5.74) is 6.22. The maximum absolute atomic E-state index is 13.8. The van der Waals surface area contributed by atoms with Crippen LogP contribution < -0.4 is 16.4 Å². The Kier molecular flexibility index (Phi) is 5.61. The lowest BCUT2D eigenvalue weighted by atomic mass is 10.1. The number of anilines is 3. The molecule has 0 saturated carbocycles. The second kappa shape index (κ2) is 8.38. The number of carbonyl (C=O) groups is 1.